The molecule has 1 aliphatic carbocycles. The van der Waals surface area contributed by atoms with Crippen molar-refractivity contribution in [2.75, 3.05) is 13.7 Å². The van der Waals surface area contributed by atoms with E-state index in [1.807, 2.05) is 6.07 Å². The van der Waals surface area contributed by atoms with E-state index < -0.39 is 36.4 Å². The Morgan fingerprint density at radius 3 is 2.41 bits per heavy atom. The number of hydrogen-bond donors (Lipinski definition) is 2. The molecule has 2 N–H and O–H groups in total. The highest BCUT2D eigenvalue weighted by Crippen LogP contribution is 2.32. The van der Waals surface area contributed by atoms with Crippen molar-refractivity contribution in [1.82, 2.24) is 15.1 Å². The number of benzene rings is 1. The van der Waals surface area contributed by atoms with Gasteiger partial charge in [-0.05, 0) is 61.6 Å². The number of nitrogens with one attached hydrogen (secondary N) is 1. The number of carboxylic acids is 1. The van der Waals surface area contributed by atoms with E-state index in [1.54, 1.807) is 9.80 Å². The molecular weight excluding hydrogens is 607 g/mol. The molecule has 2 amide bonds. The number of esters is 1. The Kier molecular flexibility index (Phi) is 12.1. The maximum atomic E-state index is 14.1. The summed E-state index contributed by atoms with van der Waals surface area (Å²) in [6.07, 6.45) is 8.21. The standard InChI is InChI=1S/C31H43N3O5.C2HF3O2/c1-21-11-6-3-4-7-12-22-15-10-16-24-18-33(20-26(22)24)31(37)39-25-17-27(30(36)38-2)34(19-25)29(35)28(32-21)23-13-8-5-9-14-23;3-2(4,5)1(6)7/h7,10,12,15-16,21,23,25,27-28,32H,3-6,8-9,11,13-14,17-20H2,1-2H3;(H,6,7)/b12-7+;/t21-,25+,27-,28-;/m0./s1. The van der Waals surface area contributed by atoms with E-state index in [0.29, 0.717) is 13.1 Å². The van der Waals surface area contributed by atoms with Crippen molar-refractivity contribution in [1.29, 1.82) is 0 Å². The second-order valence-electron chi connectivity index (χ2n) is 12.5. The molecule has 0 aromatic heterocycles. The van der Waals surface area contributed by atoms with Gasteiger partial charge < -0.3 is 24.8 Å². The number of allylic oxidation sites excluding steroid dienone is 1. The van der Waals surface area contributed by atoms with Crippen LogP contribution in [0.15, 0.2) is 24.3 Å². The molecule has 2 fully saturated rings. The molecule has 1 saturated carbocycles. The summed E-state index contributed by atoms with van der Waals surface area (Å²) < 4.78 is 42.8. The number of carbonyl (C=O) groups is 4. The van der Waals surface area contributed by atoms with Crippen LogP contribution in [0.3, 0.4) is 0 Å². The molecule has 13 heteroatoms. The average Bonchev–Trinajstić information content (AvgIpc) is 3.66. The molecule has 3 heterocycles. The fourth-order valence-corrected chi connectivity index (χ4v) is 6.80. The second-order valence-corrected chi connectivity index (χ2v) is 12.5. The van der Waals surface area contributed by atoms with Crippen molar-refractivity contribution in [3.05, 3.63) is 41.0 Å². The summed E-state index contributed by atoms with van der Waals surface area (Å²) in [5.41, 5.74) is 3.44. The lowest BCUT2D eigenvalue weighted by molar-refractivity contribution is -0.192. The number of ether oxygens (including phenoxy) is 2. The largest absolute Gasteiger partial charge is 0.490 e. The van der Waals surface area contributed by atoms with Crippen LogP contribution in [0.25, 0.3) is 6.08 Å². The predicted octanol–water partition coefficient (Wildman–Crippen LogP) is 5.43. The molecule has 1 aromatic carbocycles. The molecule has 10 nitrogen and oxygen atoms in total. The van der Waals surface area contributed by atoms with Gasteiger partial charge in [0.2, 0.25) is 5.91 Å². The van der Waals surface area contributed by atoms with Crippen molar-refractivity contribution < 1.29 is 46.9 Å². The lowest BCUT2D eigenvalue weighted by Gasteiger charge is -2.36. The molecular formula is C33H44F3N3O7. The lowest BCUT2D eigenvalue weighted by Crippen LogP contribution is -2.55. The van der Waals surface area contributed by atoms with E-state index in [0.717, 1.165) is 68.1 Å². The van der Waals surface area contributed by atoms with Gasteiger partial charge in [-0.2, -0.15) is 13.2 Å². The van der Waals surface area contributed by atoms with Crippen molar-refractivity contribution in [2.45, 2.75) is 115 Å². The molecule has 46 heavy (non-hydrogen) atoms. The molecule has 5 rings (SSSR count). The Bertz CT molecular complexity index is 1280. The van der Waals surface area contributed by atoms with Crippen LogP contribution in [0.4, 0.5) is 18.0 Å². The lowest BCUT2D eigenvalue weighted by atomic mass is 9.82. The molecule has 0 spiro atoms. The maximum absolute atomic E-state index is 14.1. The highest BCUT2D eigenvalue weighted by Gasteiger charge is 2.46. The van der Waals surface area contributed by atoms with Gasteiger partial charge in [0.1, 0.15) is 12.1 Å². The first-order chi connectivity index (χ1) is 21.9. The molecule has 4 bridgehead atoms. The summed E-state index contributed by atoms with van der Waals surface area (Å²) in [6, 6.07) is 5.29. The maximum Gasteiger partial charge on any atom is 0.490 e. The number of halogens is 3. The highest BCUT2D eigenvalue weighted by molar-refractivity contribution is 5.88. The number of rotatable bonds is 2. The zero-order valence-corrected chi connectivity index (χ0v) is 26.4. The number of alkyl halides is 3. The Morgan fingerprint density at radius 2 is 1.74 bits per heavy atom. The van der Waals surface area contributed by atoms with Crippen LogP contribution < -0.4 is 5.32 Å². The Balaban J connectivity index is 0.000000617. The van der Waals surface area contributed by atoms with Gasteiger partial charge in [-0.3, -0.25) is 9.69 Å². The third kappa shape index (κ3) is 9.01. The van der Waals surface area contributed by atoms with E-state index in [1.165, 1.54) is 13.5 Å². The average molecular weight is 652 g/mol. The van der Waals surface area contributed by atoms with Gasteiger partial charge >= 0.3 is 24.2 Å². The topological polar surface area (TPSA) is 125 Å². The van der Waals surface area contributed by atoms with Gasteiger partial charge in [0.25, 0.3) is 0 Å². The molecule has 1 saturated heterocycles. The van der Waals surface area contributed by atoms with Gasteiger partial charge in [-0.25, -0.2) is 14.4 Å². The van der Waals surface area contributed by atoms with Crippen molar-refractivity contribution in [3.63, 3.8) is 0 Å². The second kappa shape index (κ2) is 15.8. The quantitative estimate of drug-likeness (QED) is 0.406. The van der Waals surface area contributed by atoms with Gasteiger partial charge in [-0.15, -0.1) is 0 Å². The first-order valence-corrected chi connectivity index (χ1v) is 16.1. The zero-order valence-electron chi connectivity index (χ0n) is 26.4. The van der Waals surface area contributed by atoms with Crippen LogP contribution in [-0.4, -0.2) is 82.9 Å². The predicted molar refractivity (Wildman–Crippen MR) is 162 cm³/mol. The SMILES string of the molecule is COC(=O)[C@@H]1C[C@@H]2CN1C(=O)[C@H](C1CCCCC1)N[C@@H](C)CCCC/C=C/c1cccc3c1CN(C3)C(=O)O2.O=C(O)C(F)(F)F. The fourth-order valence-electron chi connectivity index (χ4n) is 6.80. The number of aliphatic carboxylic acids is 1. The number of fused-ring (bicyclic) bond motifs is 3. The van der Waals surface area contributed by atoms with Crippen molar-refractivity contribution >= 4 is 30.0 Å². The molecule has 3 aliphatic heterocycles. The van der Waals surface area contributed by atoms with E-state index in [2.05, 4.69) is 36.5 Å². The normalized spacial score (nSPS) is 27.0. The fraction of sp³-hybridized carbons (Fsp3) is 0.636. The number of methoxy groups -OCH3 is 1. The minimum Gasteiger partial charge on any atom is -0.475 e. The Morgan fingerprint density at radius 1 is 1.04 bits per heavy atom. The summed E-state index contributed by atoms with van der Waals surface area (Å²) in [5, 5.41) is 10.8. The van der Waals surface area contributed by atoms with E-state index in [9.17, 15) is 27.6 Å². The Labute approximate surface area is 267 Å². The van der Waals surface area contributed by atoms with Crippen LogP contribution >= 0.6 is 0 Å². The van der Waals surface area contributed by atoms with Crippen LogP contribution in [0, 0.1) is 5.92 Å². The van der Waals surface area contributed by atoms with Gasteiger partial charge in [-0.1, -0.05) is 56.0 Å². The molecule has 4 atom stereocenters. The van der Waals surface area contributed by atoms with E-state index in [-0.39, 0.29) is 36.9 Å². The smallest absolute Gasteiger partial charge is 0.475 e. The molecule has 4 aliphatic rings. The van der Waals surface area contributed by atoms with Crippen LogP contribution in [0.1, 0.15) is 87.8 Å². The first kappa shape index (κ1) is 35.2. The van der Waals surface area contributed by atoms with Crippen molar-refractivity contribution in [2.24, 2.45) is 5.92 Å². The number of carboxylic acid groups (broad SMARTS) is 1. The van der Waals surface area contributed by atoms with Gasteiger partial charge in [0.05, 0.1) is 26.2 Å². The summed E-state index contributed by atoms with van der Waals surface area (Å²) in [7, 11) is 1.35. The third-order valence-electron chi connectivity index (χ3n) is 9.21. The van der Waals surface area contributed by atoms with Crippen LogP contribution in [-0.2, 0) is 36.9 Å². The monoisotopic (exact) mass is 651 g/mol. The number of amides is 2. The minimum absolute atomic E-state index is 0.0678. The third-order valence-corrected chi connectivity index (χ3v) is 9.21. The van der Waals surface area contributed by atoms with Gasteiger partial charge in [0, 0.05) is 19.0 Å². The Hall–Kier alpha value is -3.61. The molecule has 1 aromatic rings. The number of carbonyl (C=O) groups excluding carboxylic acids is 3. The van der Waals surface area contributed by atoms with E-state index in [4.69, 9.17) is 19.4 Å². The summed E-state index contributed by atoms with van der Waals surface area (Å²) in [6.45, 7) is 3.36. The molecule has 254 valence electrons. The first-order valence-electron chi connectivity index (χ1n) is 16.1. The van der Waals surface area contributed by atoms with Crippen LogP contribution in [0.2, 0.25) is 0 Å². The highest BCUT2D eigenvalue weighted by atomic mass is 19.4. The molecule has 0 unspecified atom stereocenters. The molecule has 0 radical (unpaired) electrons. The number of nitrogens with zero attached hydrogens (tertiary/aromatic N) is 2. The van der Waals surface area contributed by atoms with Crippen molar-refractivity contribution in [3.8, 4) is 0 Å². The summed E-state index contributed by atoms with van der Waals surface area (Å²) in [4.78, 5) is 52.4. The summed E-state index contributed by atoms with van der Waals surface area (Å²) >= 11 is 0. The number of hydrogen-bond acceptors (Lipinski definition) is 7. The van der Waals surface area contributed by atoms with Crippen LogP contribution in [0.5, 0.6) is 0 Å². The minimum atomic E-state index is -5.08. The van der Waals surface area contributed by atoms with Gasteiger partial charge in [0.15, 0.2) is 0 Å². The van der Waals surface area contributed by atoms with E-state index >= 15 is 0 Å². The zero-order chi connectivity index (χ0) is 33.4. The summed E-state index contributed by atoms with van der Waals surface area (Å²) in [5.74, 6) is -3.04.